The van der Waals surface area contributed by atoms with Gasteiger partial charge in [-0.05, 0) is 28.1 Å². The van der Waals surface area contributed by atoms with E-state index in [9.17, 15) is 0 Å². The van der Waals surface area contributed by atoms with Crippen LogP contribution in [0.3, 0.4) is 0 Å². The molecule has 0 aliphatic heterocycles. The Hall–Kier alpha value is 0.470. The highest BCUT2D eigenvalue weighted by Gasteiger charge is 2.05. The fourth-order valence-corrected chi connectivity index (χ4v) is 2.40. The molecule has 3 heteroatoms. The molecule has 1 atom stereocenters. The van der Waals surface area contributed by atoms with Crippen LogP contribution in [0.25, 0.3) is 0 Å². The van der Waals surface area contributed by atoms with E-state index >= 15 is 0 Å². The van der Waals surface area contributed by atoms with Gasteiger partial charge in [0.15, 0.2) is 0 Å². The van der Waals surface area contributed by atoms with Crippen molar-refractivity contribution in [3.8, 4) is 0 Å². The van der Waals surface area contributed by atoms with Crippen LogP contribution in [0.2, 0.25) is 0 Å². The molecule has 0 N–H and O–H groups in total. The van der Waals surface area contributed by atoms with E-state index in [2.05, 4.69) is 35.0 Å². The monoisotopic (exact) mass is 238 g/mol. The molecule has 0 spiro atoms. The van der Waals surface area contributed by atoms with E-state index in [1.807, 2.05) is 0 Å². The maximum absolute atomic E-state index is 5.69. The Morgan fingerprint density at radius 1 is 1.70 bits per heavy atom. The first-order valence-corrected chi connectivity index (χ1v) is 5.19. The van der Waals surface area contributed by atoms with E-state index < -0.39 is 0 Å². The maximum Gasteiger partial charge on any atom is 0.0701 e. The van der Waals surface area contributed by atoms with Gasteiger partial charge in [0, 0.05) is 16.7 Å². The lowest BCUT2D eigenvalue weighted by atomic mass is 10.2. The SMILES string of the molecule is CC(CCl)c1ccc(Br)s1. The number of thiophene rings is 1. The molecule has 0 fully saturated rings. The summed E-state index contributed by atoms with van der Waals surface area (Å²) in [6.45, 7) is 2.13. The third-order valence-corrected chi connectivity index (χ3v) is 3.63. The minimum Gasteiger partial charge on any atom is -0.133 e. The maximum atomic E-state index is 5.69. The second-order valence-corrected chi connectivity index (χ2v) is 5.00. The van der Waals surface area contributed by atoms with Gasteiger partial charge in [-0.1, -0.05) is 6.92 Å². The molecular weight excluding hydrogens is 232 g/mol. The fraction of sp³-hybridized carbons (Fsp3) is 0.429. The molecule has 0 aliphatic rings. The molecule has 56 valence electrons. The molecule has 0 saturated heterocycles. The Bertz CT molecular complexity index is 209. The number of alkyl halides is 1. The van der Waals surface area contributed by atoms with Gasteiger partial charge in [0.05, 0.1) is 3.79 Å². The highest BCUT2D eigenvalue weighted by molar-refractivity contribution is 9.11. The molecule has 0 radical (unpaired) electrons. The Labute approximate surface area is 78.3 Å². The van der Waals surface area contributed by atoms with Gasteiger partial charge in [-0.15, -0.1) is 22.9 Å². The Kier molecular flexibility index (Phi) is 3.21. The predicted octanol–water partition coefficient (Wildman–Crippen LogP) is 3.85. The van der Waals surface area contributed by atoms with Crippen molar-refractivity contribution in [2.24, 2.45) is 0 Å². The molecule has 10 heavy (non-hydrogen) atoms. The van der Waals surface area contributed by atoms with Gasteiger partial charge in [0.1, 0.15) is 0 Å². The Balaban J connectivity index is 2.74. The standard InChI is InChI=1S/C7H8BrClS/c1-5(4-9)6-2-3-7(8)10-6/h2-3,5H,4H2,1H3. The van der Waals surface area contributed by atoms with Crippen LogP contribution in [0.15, 0.2) is 15.9 Å². The van der Waals surface area contributed by atoms with Gasteiger partial charge >= 0.3 is 0 Å². The first-order chi connectivity index (χ1) is 4.74. The molecule has 0 bridgehead atoms. The smallest absolute Gasteiger partial charge is 0.0701 e. The van der Waals surface area contributed by atoms with Crippen molar-refractivity contribution in [3.63, 3.8) is 0 Å². The summed E-state index contributed by atoms with van der Waals surface area (Å²) < 4.78 is 1.18. The van der Waals surface area contributed by atoms with Crippen molar-refractivity contribution >= 4 is 38.9 Å². The molecule has 0 amide bonds. The van der Waals surface area contributed by atoms with Crippen LogP contribution in [0.4, 0.5) is 0 Å². The van der Waals surface area contributed by atoms with Gasteiger partial charge in [-0.3, -0.25) is 0 Å². The summed E-state index contributed by atoms with van der Waals surface area (Å²) in [7, 11) is 0. The number of hydrogen-bond acceptors (Lipinski definition) is 1. The first-order valence-electron chi connectivity index (χ1n) is 3.05. The highest BCUT2D eigenvalue weighted by atomic mass is 79.9. The second kappa shape index (κ2) is 3.74. The molecule has 0 saturated carbocycles. The predicted molar refractivity (Wildman–Crippen MR) is 51.2 cm³/mol. The molecule has 0 aromatic carbocycles. The summed E-state index contributed by atoms with van der Waals surface area (Å²) in [6.07, 6.45) is 0. The normalized spacial score (nSPS) is 13.5. The third kappa shape index (κ3) is 1.97. The van der Waals surface area contributed by atoms with Crippen LogP contribution < -0.4 is 0 Å². The van der Waals surface area contributed by atoms with Crippen LogP contribution in [-0.4, -0.2) is 5.88 Å². The zero-order valence-electron chi connectivity index (χ0n) is 5.60. The number of halogens is 2. The summed E-state index contributed by atoms with van der Waals surface area (Å²) in [4.78, 5) is 1.35. The summed E-state index contributed by atoms with van der Waals surface area (Å²) in [6, 6.07) is 4.17. The molecular formula is C7H8BrClS. The zero-order chi connectivity index (χ0) is 7.56. The lowest BCUT2D eigenvalue weighted by Crippen LogP contribution is -1.88. The fourth-order valence-electron chi connectivity index (χ4n) is 0.669. The molecule has 1 rings (SSSR count). The van der Waals surface area contributed by atoms with Crippen molar-refractivity contribution in [1.29, 1.82) is 0 Å². The Morgan fingerprint density at radius 3 is 2.80 bits per heavy atom. The number of hydrogen-bond donors (Lipinski definition) is 0. The Morgan fingerprint density at radius 2 is 2.40 bits per heavy atom. The lowest BCUT2D eigenvalue weighted by molar-refractivity contribution is 0.899. The van der Waals surface area contributed by atoms with Crippen LogP contribution in [-0.2, 0) is 0 Å². The molecule has 1 aromatic rings. The molecule has 0 nitrogen and oxygen atoms in total. The molecule has 0 aliphatic carbocycles. The van der Waals surface area contributed by atoms with Crippen LogP contribution in [0, 0.1) is 0 Å². The summed E-state index contributed by atoms with van der Waals surface area (Å²) in [5, 5.41) is 0. The summed E-state index contributed by atoms with van der Waals surface area (Å²) >= 11 is 10.8. The van der Waals surface area contributed by atoms with Crippen molar-refractivity contribution in [1.82, 2.24) is 0 Å². The lowest BCUT2D eigenvalue weighted by Gasteiger charge is -2.00. The van der Waals surface area contributed by atoms with E-state index in [0.29, 0.717) is 11.8 Å². The molecule has 1 aromatic heterocycles. The largest absolute Gasteiger partial charge is 0.133 e. The molecule has 1 unspecified atom stereocenters. The van der Waals surface area contributed by atoms with Gasteiger partial charge in [-0.2, -0.15) is 0 Å². The van der Waals surface area contributed by atoms with E-state index in [1.54, 1.807) is 11.3 Å². The van der Waals surface area contributed by atoms with Crippen molar-refractivity contribution < 1.29 is 0 Å². The van der Waals surface area contributed by atoms with Crippen LogP contribution in [0.1, 0.15) is 17.7 Å². The minimum atomic E-state index is 0.484. The van der Waals surface area contributed by atoms with Gasteiger partial charge in [0.25, 0.3) is 0 Å². The zero-order valence-corrected chi connectivity index (χ0v) is 8.76. The number of rotatable bonds is 2. The quantitative estimate of drug-likeness (QED) is 0.688. The molecule has 1 heterocycles. The highest BCUT2D eigenvalue weighted by Crippen LogP contribution is 2.28. The van der Waals surface area contributed by atoms with Crippen molar-refractivity contribution in [2.45, 2.75) is 12.8 Å². The van der Waals surface area contributed by atoms with E-state index in [4.69, 9.17) is 11.6 Å². The second-order valence-electron chi connectivity index (χ2n) is 2.20. The van der Waals surface area contributed by atoms with Gasteiger partial charge in [0.2, 0.25) is 0 Å². The topological polar surface area (TPSA) is 0 Å². The van der Waals surface area contributed by atoms with Crippen molar-refractivity contribution in [2.75, 3.05) is 5.88 Å². The van der Waals surface area contributed by atoms with Crippen LogP contribution in [0.5, 0.6) is 0 Å². The average Bonchev–Trinajstić information content (AvgIpc) is 2.34. The summed E-state index contributed by atoms with van der Waals surface area (Å²) in [5.41, 5.74) is 0. The third-order valence-electron chi connectivity index (χ3n) is 1.31. The van der Waals surface area contributed by atoms with E-state index in [-0.39, 0.29) is 0 Å². The minimum absolute atomic E-state index is 0.484. The summed E-state index contributed by atoms with van der Waals surface area (Å²) in [5.74, 6) is 1.19. The van der Waals surface area contributed by atoms with Crippen LogP contribution >= 0.6 is 38.9 Å². The first kappa shape index (κ1) is 8.57. The van der Waals surface area contributed by atoms with Gasteiger partial charge in [-0.25, -0.2) is 0 Å². The van der Waals surface area contributed by atoms with Gasteiger partial charge < -0.3 is 0 Å². The van der Waals surface area contributed by atoms with E-state index in [0.717, 1.165) is 0 Å². The average molecular weight is 240 g/mol. The van der Waals surface area contributed by atoms with E-state index in [1.165, 1.54) is 8.66 Å². The van der Waals surface area contributed by atoms with Crippen molar-refractivity contribution in [3.05, 3.63) is 20.8 Å².